The summed E-state index contributed by atoms with van der Waals surface area (Å²) in [6.45, 7) is 9.19. The van der Waals surface area contributed by atoms with E-state index in [4.69, 9.17) is 16.6 Å². The first-order chi connectivity index (χ1) is 15.4. The second kappa shape index (κ2) is 9.30. The summed E-state index contributed by atoms with van der Waals surface area (Å²) < 4.78 is 1.72. The predicted molar refractivity (Wildman–Crippen MR) is 128 cm³/mol. The van der Waals surface area contributed by atoms with Crippen LogP contribution in [-0.4, -0.2) is 51.6 Å². The van der Waals surface area contributed by atoms with Crippen LogP contribution in [-0.2, 0) is 6.54 Å². The zero-order valence-electron chi connectivity index (χ0n) is 18.6. The van der Waals surface area contributed by atoms with E-state index < -0.39 is 0 Å². The molecule has 1 aliphatic rings. The number of nitrogens with zero attached hydrogens (tertiary/aromatic N) is 4. The summed E-state index contributed by atoms with van der Waals surface area (Å²) in [5.74, 6) is 0.741. The molecule has 1 N–H and O–H groups in total. The zero-order chi connectivity index (χ0) is 22.8. The van der Waals surface area contributed by atoms with Gasteiger partial charge in [-0.25, -0.2) is 9.78 Å². The Kier molecular flexibility index (Phi) is 6.48. The van der Waals surface area contributed by atoms with Gasteiger partial charge in [0, 0.05) is 43.4 Å². The fraction of sp³-hybridized carbons (Fsp3) is 0.375. The number of aryl methyl sites for hydroxylation is 1. The van der Waals surface area contributed by atoms with E-state index >= 15 is 0 Å². The minimum Gasteiger partial charge on any atom is -0.322 e. The van der Waals surface area contributed by atoms with Crippen molar-refractivity contribution >= 4 is 34.2 Å². The Labute approximate surface area is 192 Å². The molecule has 0 spiro atoms. The van der Waals surface area contributed by atoms with E-state index in [0.29, 0.717) is 48.6 Å². The van der Waals surface area contributed by atoms with Gasteiger partial charge in [-0.05, 0) is 56.7 Å². The van der Waals surface area contributed by atoms with Crippen LogP contribution in [0.15, 0.2) is 47.3 Å². The van der Waals surface area contributed by atoms with Gasteiger partial charge in [0.25, 0.3) is 5.56 Å². The molecule has 0 saturated carbocycles. The molecule has 0 bridgehead atoms. The predicted octanol–water partition coefficient (Wildman–Crippen LogP) is 4.29. The number of piperazine rings is 1. The number of rotatable bonds is 4. The van der Waals surface area contributed by atoms with E-state index in [1.165, 1.54) is 0 Å². The number of carbonyl (C=O) groups excluding carboxylic acids is 1. The quantitative estimate of drug-likeness (QED) is 0.639. The van der Waals surface area contributed by atoms with Crippen LogP contribution in [0.5, 0.6) is 0 Å². The molecule has 1 saturated heterocycles. The maximum absolute atomic E-state index is 13.0. The fourth-order valence-electron chi connectivity index (χ4n) is 4.24. The summed E-state index contributed by atoms with van der Waals surface area (Å²) in [7, 11) is 0. The highest BCUT2D eigenvalue weighted by Gasteiger charge is 2.27. The number of fused-ring (bicyclic) bond motifs is 1. The van der Waals surface area contributed by atoms with Crippen molar-refractivity contribution in [3.8, 4) is 0 Å². The Bertz CT molecular complexity index is 1200. The van der Waals surface area contributed by atoms with Gasteiger partial charge >= 0.3 is 6.03 Å². The lowest BCUT2D eigenvalue weighted by molar-refractivity contribution is 0.114. The van der Waals surface area contributed by atoms with Gasteiger partial charge in [0.2, 0.25) is 0 Å². The highest BCUT2D eigenvalue weighted by molar-refractivity contribution is 6.31. The molecule has 3 aromatic rings. The molecule has 1 aliphatic heterocycles. The molecule has 0 radical (unpaired) electrons. The third-order valence-electron chi connectivity index (χ3n) is 6.05. The third-order valence-corrected chi connectivity index (χ3v) is 6.29. The average Bonchev–Trinajstić information content (AvgIpc) is 2.79. The molecule has 168 valence electrons. The van der Waals surface area contributed by atoms with Gasteiger partial charge in [0.15, 0.2) is 0 Å². The maximum Gasteiger partial charge on any atom is 0.321 e. The SMILES string of the molecule is CCn1c(C(C)N2CCN(C(=O)Nc3cccc(C)c3)CC2)nc2ccc(Cl)cc2c1=O. The molecule has 2 aromatic carbocycles. The van der Waals surface area contributed by atoms with Gasteiger partial charge in [0.05, 0.1) is 16.9 Å². The summed E-state index contributed by atoms with van der Waals surface area (Å²) in [5.41, 5.74) is 2.49. The van der Waals surface area contributed by atoms with Crippen molar-refractivity contribution in [1.29, 1.82) is 0 Å². The summed E-state index contributed by atoms with van der Waals surface area (Å²) in [6, 6.07) is 12.9. The van der Waals surface area contributed by atoms with Crippen LogP contribution in [0, 0.1) is 6.92 Å². The number of hydrogen-bond acceptors (Lipinski definition) is 4. The minimum absolute atomic E-state index is 0.0512. The molecule has 1 fully saturated rings. The first-order valence-electron chi connectivity index (χ1n) is 10.9. The Morgan fingerprint density at radius 1 is 1.16 bits per heavy atom. The lowest BCUT2D eigenvalue weighted by Crippen LogP contribution is -2.51. The molecule has 4 rings (SSSR count). The number of amides is 2. The first kappa shape index (κ1) is 22.3. The minimum atomic E-state index is -0.0888. The van der Waals surface area contributed by atoms with E-state index in [9.17, 15) is 9.59 Å². The normalized spacial score (nSPS) is 15.7. The second-order valence-electron chi connectivity index (χ2n) is 8.18. The van der Waals surface area contributed by atoms with Crippen molar-refractivity contribution in [3.63, 3.8) is 0 Å². The monoisotopic (exact) mass is 453 g/mol. The third kappa shape index (κ3) is 4.49. The van der Waals surface area contributed by atoms with Crippen molar-refractivity contribution in [1.82, 2.24) is 19.4 Å². The van der Waals surface area contributed by atoms with Crippen LogP contribution in [0.1, 0.15) is 31.3 Å². The van der Waals surface area contributed by atoms with Crippen LogP contribution in [0.3, 0.4) is 0 Å². The molecule has 7 nitrogen and oxygen atoms in total. The highest BCUT2D eigenvalue weighted by atomic mass is 35.5. The Morgan fingerprint density at radius 2 is 1.91 bits per heavy atom. The van der Waals surface area contributed by atoms with Crippen LogP contribution in [0.25, 0.3) is 10.9 Å². The van der Waals surface area contributed by atoms with Crippen molar-refractivity contribution in [2.45, 2.75) is 33.4 Å². The van der Waals surface area contributed by atoms with Gasteiger partial charge in [-0.2, -0.15) is 0 Å². The summed E-state index contributed by atoms with van der Waals surface area (Å²) in [4.78, 5) is 34.6. The molecule has 2 heterocycles. The fourth-order valence-corrected chi connectivity index (χ4v) is 4.41. The molecular weight excluding hydrogens is 426 g/mol. The van der Waals surface area contributed by atoms with Crippen molar-refractivity contribution < 1.29 is 4.79 Å². The first-order valence-corrected chi connectivity index (χ1v) is 11.3. The van der Waals surface area contributed by atoms with E-state index in [1.54, 1.807) is 22.8 Å². The zero-order valence-corrected chi connectivity index (χ0v) is 19.4. The lowest BCUT2D eigenvalue weighted by Gasteiger charge is -2.38. The van der Waals surface area contributed by atoms with Crippen LogP contribution in [0.2, 0.25) is 5.02 Å². The van der Waals surface area contributed by atoms with Gasteiger partial charge in [-0.1, -0.05) is 23.7 Å². The number of nitrogens with one attached hydrogen (secondary N) is 1. The van der Waals surface area contributed by atoms with Crippen molar-refractivity contribution in [3.05, 3.63) is 69.2 Å². The second-order valence-corrected chi connectivity index (χ2v) is 8.62. The van der Waals surface area contributed by atoms with Gasteiger partial charge in [0.1, 0.15) is 5.82 Å². The van der Waals surface area contributed by atoms with Crippen LogP contribution < -0.4 is 10.9 Å². The standard InChI is InChI=1S/C24H28ClN5O2/c1-4-30-22(27-21-9-8-18(25)15-20(21)23(30)31)17(3)28-10-12-29(13-11-28)24(32)26-19-7-5-6-16(2)14-19/h5-9,14-15,17H,4,10-13H2,1-3H3,(H,26,32). The van der Waals surface area contributed by atoms with Crippen LogP contribution >= 0.6 is 11.6 Å². The molecule has 8 heteroatoms. The number of hydrogen-bond donors (Lipinski definition) is 1. The summed E-state index contributed by atoms with van der Waals surface area (Å²) in [5, 5.41) is 4.04. The van der Waals surface area contributed by atoms with Gasteiger partial charge in [-0.3, -0.25) is 14.3 Å². The molecule has 1 atom stereocenters. The van der Waals surface area contributed by atoms with E-state index in [2.05, 4.69) is 17.1 Å². The molecule has 1 unspecified atom stereocenters. The average molecular weight is 454 g/mol. The van der Waals surface area contributed by atoms with Crippen molar-refractivity contribution in [2.24, 2.45) is 0 Å². The van der Waals surface area contributed by atoms with E-state index in [0.717, 1.165) is 17.1 Å². The molecule has 32 heavy (non-hydrogen) atoms. The van der Waals surface area contributed by atoms with Gasteiger partial charge in [-0.15, -0.1) is 0 Å². The number of halogens is 1. The number of anilines is 1. The number of aromatic nitrogens is 2. The number of urea groups is 1. The number of benzene rings is 2. The smallest absolute Gasteiger partial charge is 0.321 e. The summed E-state index contributed by atoms with van der Waals surface area (Å²) >= 11 is 6.09. The Hall–Kier alpha value is -2.90. The largest absolute Gasteiger partial charge is 0.322 e. The number of carbonyl (C=O) groups is 1. The van der Waals surface area contributed by atoms with E-state index in [-0.39, 0.29) is 17.6 Å². The lowest BCUT2D eigenvalue weighted by atomic mass is 10.1. The molecule has 1 aromatic heterocycles. The topological polar surface area (TPSA) is 70.5 Å². The molecular formula is C24H28ClN5O2. The Morgan fingerprint density at radius 3 is 2.59 bits per heavy atom. The van der Waals surface area contributed by atoms with Crippen molar-refractivity contribution in [2.75, 3.05) is 31.5 Å². The highest BCUT2D eigenvalue weighted by Crippen LogP contribution is 2.23. The molecule has 0 aliphatic carbocycles. The van der Waals surface area contributed by atoms with Crippen LogP contribution in [0.4, 0.5) is 10.5 Å². The Balaban J connectivity index is 1.48. The van der Waals surface area contributed by atoms with E-state index in [1.807, 2.05) is 43.0 Å². The maximum atomic E-state index is 13.0. The van der Waals surface area contributed by atoms with Gasteiger partial charge < -0.3 is 10.2 Å². The molecule has 2 amide bonds. The summed E-state index contributed by atoms with van der Waals surface area (Å²) in [6.07, 6.45) is 0.